The molecule has 0 fully saturated rings. The first-order valence-electron chi connectivity index (χ1n) is 17.1. The second-order valence-electron chi connectivity index (χ2n) is 12.9. The van der Waals surface area contributed by atoms with E-state index in [-0.39, 0.29) is 0 Å². The fourth-order valence-corrected chi connectivity index (χ4v) is 7.66. The summed E-state index contributed by atoms with van der Waals surface area (Å²) < 4.78 is 6.63. The molecular formula is C48H31NO. The maximum atomic E-state index is 6.63. The Morgan fingerprint density at radius 3 is 1.72 bits per heavy atom. The minimum atomic E-state index is 0.903. The number of para-hydroxylation sites is 1. The second-order valence-corrected chi connectivity index (χ2v) is 12.9. The zero-order chi connectivity index (χ0) is 33.0. The van der Waals surface area contributed by atoms with Gasteiger partial charge in [-0.05, 0) is 92.3 Å². The van der Waals surface area contributed by atoms with Crippen molar-refractivity contribution in [2.24, 2.45) is 0 Å². The summed E-state index contributed by atoms with van der Waals surface area (Å²) in [5.41, 5.74) is 9.90. The van der Waals surface area contributed by atoms with Crippen LogP contribution in [-0.4, -0.2) is 0 Å². The molecule has 0 saturated carbocycles. The minimum absolute atomic E-state index is 0.903. The molecule has 0 spiro atoms. The molecule has 1 heterocycles. The molecule has 10 aromatic rings. The molecule has 0 radical (unpaired) electrons. The van der Waals surface area contributed by atoms with Crippen LogP contribution in [-0.2, 0) is 0 Å². The fraction of sp³-hybridized carbons (Fsp3) is 0. The normalized spacial score (nSPS) is 11.6. The van der Waals surface area contributed by atoms with Crippen LogP contribution in [0.5, 0.6) is 0 Å². The van der Waals surface area contributed by atoms with Gasteiger partial charge in [-0.15, -0.1) is 0 Å². The summed E-state index contributed by atoms with van der Waals surface area (Å²) >= 11 is 0. The third-order valence-electron chi connectivity index (χ3n) is 10.0. The first kappa shape index (κ1) is 28.4. The van der Waals surface area contributed by atoms with Crippen LogP contribution in [0.15, 0.2) is 192 Å². The van der Waals surface area contributed by atoms with Gasteiger partial charge in [-0.25, -0.2) is 0 Å². The van der Waals surface area contributed by atoms with Gasteiger partial charge < -0.3 is 9.32 Å². The Morgan fingerprint density at radius 2 is 0.940 bits per heavy atom. The van der Waals surface area contributed by atoms with Crippen molar-refractivity contribution in [2.75, 3.05) is 4.90 Å². The number of rotatable bonds is 5. The fourth-order valence-electron chi connectivity index (χ4n) is 7.66. The van der Waals surface area contributed by atoms with E-state index in [1.165, 1.54) is 43.6 Å². The van der Waals surface area contributed by atoms with Gasteiger partial charge >= 0.3 is 0 Å². The van der Waals surface area contributed by atoms with E-state index in [1.807, 2.05) is 6.07 Å². The van der Waals surface area contributed by atoms with Crippen molar-refractivity contribution in [3.63, 3.8) is 0 Å². The van der Waals surface area contributed by atoms with Crippen LogP contribution in [0.3, 0.4) is 0 Å². The van der Waals surface area contributed by atoms with Gasteiger partial charge in [-0.1, -0.05) is 140 Å². The Morgan fingerprint density at radius 1 is 0.340 bits per heavy atom. The first-order chi connectivity index (χ1) is 24.8. The molecule has 50 heavy (non-hydrogen) atoms. The lowest BCUT2D eigenvalue weighted by molar-refractivity contribution is 0.673. The van der Waals surface area contributed by atoms with Crippen LogP contribution >= 0.6 is 0 Å². The third-order valence-corrected chi connectivity index (χ3v) is 10.0. The largest absolute Gasteiger partial charge is 0.455 e. The quantitative estimate of drug-likeness (QED) is 0.175. The van der Waals surface area contributed by atoms with Crippen molar-refractivity contribution in [2.45, 2.75) is 0 Å². The van der Waals surface area contributed by atoms with Crippen molar-refractivity contribution in [3.8, 4) is 22.3 Å². The first-order valence-corrected chi connectivity index (χ1v) is 17.1. The lowest BCUT2D eigenvalue weighted by Crippen LogP contribution is -2.10. The van der Waals surface area contributed by atoms with Gasteiger partial charge in [-0.3, -0.25) is 0 Å². The molecule has 0 atom stereocenters. The molecule has 2 heteroatoms. The van der Waals surface area contributed by atoms with Crippen molar-refractivity contribution >= 4 is 71.3 Å². The highest BCUT2D eigenvalue weighted by atomic mass is 16.3. The van der Waals surface area contributed by atoms with Gasteiger partial charge in [0.15, 0.2) is 0 Å². The van der Waals surface area contributed by atoms with E-state index in [4.69, 9.17) is 4.42 Å². The topological polar surface area (TPSA) is 16.4 Å². The van der Waals surface area contributed by atoms with E-state index >= 15 is 0 Å². The van der Waals surface area contributed by atoms with Gasteiger partial charge in [0.2, 0.25) is 0 Å². The van der Waals surface area contributed by atoms with Crippen molar-refractivity contribution in [1.29, 1.82) is 0 Å². The SMILES string of the molecule is c1ccc(-c2ccc3c(c2)oc2c4ccccc4c(-c4ccc(N(c5ccccc5)c5cc6ccccc6c6ccccc56)cc4)cc32)cc1. The molecule has 0 unspecified atom stereocenters. The van der Waals surface area contributed by atoms with E-state index in [1.54, 1.807) is 0 Å². The van der Waals surface area contributed by atoms with Crippen LogP contribution in [0.1, 0.15) is 0 Å². The highest BCUT2D eigenvalue weighted by Crippen LogP contribution is 2.44. The van der Waals surface area contributed by atoms with Crippen molar-refractivity contribution < 1.29 is 4.42 Å². The average molecular weight is 638 g/mol. The van der Waals surface area contributed by atoms with E-state index in [2.05, 4.69) is 187 Å². The lowest BCUT2D eigenvalue weighted by Gasteiger charge is -2.27. The summed E-state index contributed by atoms with van der Waals surface area (Å²) in [7, 11) is 0. The summed E-state index contributed by atoms with van der Waals surface area (Å²) in [5.74, 6) is 0. The average Bonchev–Trinajstić information content (AvgIpc) is 3.57. The van der Waals surface area contributed by atoms with E-state index in [0.717, 1.165) is 50.0 Å². The Balaban J connectivity index is 1.14. The second kappa shape index (κ2) is 11.5. The van der Waals surface area contributed by atoms with Crippen molar-refractivity contribution in [1.82, 2.24) is 0 Å². The van der Waals surface area contributed by atoms with E-state index < -0.39 is 0 Å². The van der Waals surface area contributed by atoms with Crippen LogP contribution in [0.2, 0.25) is 0 Å². The van der Waals surface area contributed by atoms with E-state index in [0.29, 0.717) is 0 Å². The molecule has 234 valence electrons. The Hall–Kier alpha value is -6.64. The van der Waals surface area contributed by atoms with Gasteiger partial charge in [0.05, 0.1) is 5.69 Å². The summed E-state index contributed by atoms with van der Waals surface area (Å²) in [6.07, 6.45) is 0. The summed E-state index contributed by atoms with van der Waals surface area (Å²) in [5, 5.41) is 9.51. The number of furan rings is 1. The number of fused-ring (bicyclic) bond motifs is 8. The Labute approximate surface area is 290 Å². The molecule has 0 bridgehead atoms. The van der Waals surface area contributed by atoms with Gasteiger partial charge in [0.1, 0.15) is 11.2 Å². The molecular weight excluding hydrogens is 607 g/mol. The molecule has 2 nitrogen and oxygen atoms in total. The standard InChI is InChI=1S/C48H31NO/c1-3-13-32(14-4-1)34-25-28-42-45-31-44(40-20-10-12-22-43(40)48(45)50-47(42)30-34)33-23-26-37(27-24-33)49(36-16-5-2-6-17-36)46-29-35-15-7-8-18-38(35)39-19-9-11-21-41(39)46/h1-31H. The number of anilines is 3. The number of nitrogens with zero attached hydrogens (tertiary/aromatic N) is 1. The Bertz CT molecular complexity index is 2850. The van der Waals surface area contributed by atoms with Gasteiger partial charge in [0.25, 0.3) is 0 Å². The zero-order valence-corrected chi connectivity index (χ0v) is 27.3. The molecule has 1 aromatic heterocycles. The highest BCUT2D eigenvalue weighted by Gasteiger charge is 2.19. The number of benzene rings is 9. The van der Waals surface area contributed by atoms with Crippen LogP contribution in [0.4, 0.5) is 17.1 Å². The molecule has 0 N–H and O–H groups in total. The molecule has 0 aliphatic heterocycles. The highest BCUT2D eigenvalue weighted by molar-refractivity contribution is 6.19. The Kier molecular flexibility index (Phi) is 6.53. The summed E-state index contributed by atoms with van der Waals surface area (Å²) in [4.78, 5) is 2.38. The predicted octanol–water partition coefficient (Wildman–Crippen LogP) is 13.8. The monoisotopic (exact) mass is 637 g/mol. The molecule has 0 aliphatic carbocycles. The third kappa shape index (κ3) is 4.57. The molecule has 0 aliphatic rings. The van der Waals surface area contributed by atoms with Crippen LogP contribution in [0, 0.1) is 0 Å². The summed E-state index contributed by atoms with van der Waals surface area (Å²) in [6, 6.07) is 67.4. The lowest BCUT2D eigenvalue weighted by atomic mass is 9.94. The summed E-state index contributed by atoms with van der Waals surface area (Å²) in [6.45, 7) is 0. The van der Waals surface area contributed by atoms with Crippen molar-refractivity contribution in [3.05, 3.63) is 188 Å². The predicted molar refractivity (Wildman–Crippen MR) is 212 cm³/mol. The molecule has 9 aromatic carbocycles. The van der Waals surface area contributed by atoms with Crippen LogP contribution in [0.25, 0.3) is 76.5 Å². The minimum Gasteiger partial charge on any atom is -0.455 e. The maximum absolute atomic E-state index is 6.63. The van der Waals surface area contributed by atoms with E-state index in [9.17, 15) is 0 Å². The van der Waals surface area contributed by atoms with Gasteiger partial charge in [0, 0.05) is 32.9 Å². The molecule has 0 amide bonds. The van der Waals surface area contributed by atoms with Gasteiger partial charge in [-0.2, -0.15) is 0 Å². The number of hydrogen-bond donors (Lipinski definition) is 0. The molecule has 10 rings (SSSR count). The van der Waals surface area contributed by atoms with Crippen LogP contribution < -0.4 is 4.90 Å². The zero-order valence-electron chi connectivity index (χ0n) is 27.3. The molecule has 0 saturated heterocycles. The maximum Gasteiger partial charge on any atom is 0.143 e. The number of hydrogen-bond acceptors (Lipinski definition) is 2. The smallest absolute Gasteiger partial charge is 0.143 e.